The fourth-order valence-electron chi connectivity index (χ4n) is 3.86. The summed E-state index contributed by atoms with van der Waals surface area (Å²) in [5.41, 5.74) is 4.47. The summed E-state index contributed by atoms with van der Waals surface area (Å²) in [7, 11) is -8.54. The molecule has 42 heavy (non-hydrogen) atoms. The first kappa shape index (κ1) is 33.0. The van der Waals surface area contributed by atoms with Crippen molar-refractivity contribution in [1.29, 1.82) is 0 Å². The van der Waals surface area contributed by atoms with E-state index in [0.29, 0.717) is 12.1 Å². The van der Waals surface area contributed by atoms with Crippen LogP contribution in [0.4, 0.5) is 0 Å². The van der Waals surface area contributed by atoms with Gasteiger partial charge in [-0.2, -0.15) is 0 Å². The fraction of sp³-hybridized carbons (Fsp3) is 0.308. The summed E-state index contributed by atoms with van der Waals surface area (Å²) in [6.07, 6.45) is 7.51. The molecular weight excluding hydrogens is 584 g/mol. The smallest absolute Gasteiger partial charge is 0.149 e. The number of benzene rings is 2. The molecule has 0 bridgehead atoms. The molecule has 228 valence electrons. The largest absolute Gasteiger partial charge is 0.744 e. The van der Waals surface area contributed by atoms with Gasteiger partial charge in [0.15, 0.2) is 0 Å². The Morgan fingerprint density at radius 1 is 0.667 bits per heavy atom. The monoisotopic (exact) mass is 620 g/mol. The van der Waals surface area contributed by atoms with Crippen molar-refractivity contribution < 1.29 is 36.6 Å². The Labute approximate surface area is 246 Å². The zero-order chi connectivity index (χ0) is 30.6. The first-order valence-electron chi connectivity index (χ1n) is 13.0. The molecule has 2 fully saturated rings. The molecule has 0 spiro atoms. The van der Waals surface area contributed by atoms with Crippen molar-refractivity contribution in [1.82, 2.24) is 21.3 Å². The summed E-state index contributed by atoms with van der Waals surface area (Å²) in [5.74, 6) is 0. The number of hydrogen-bond acceptors (Lipinski definition) is 12. The van der Waals surface area contributed by atoms with Crippen LogP contribution in [0.1, 0.15) is 11.1 Å². The Hall–Kier alpha value is -3.48. The van der Waals surface area contributed by atoms with Gasteiger partial charge in [-0.05, 0) is 38.1 Å². The second kappa shape index (κ2) is 15.7. The second-order valence-corrected chi connectivity index (χ2v) is 12.2. The minimum atomic E-state index is -4.27. The zero-order valence-corrected chi connectivity index (χ0v) is 24.9. The number of quaternary nitrogens is 2. The Balaban J connectivity index is 0.000000154. The minimum absolute atomic E-state index is 0.178. The average Bonchev–Trinajstić information content (AvgIpc) is 2.98. The summed E-state index contributed by atoms with van der Waals surface area (Å²) in [5, 5.41) is 16.8. The number of hydrogen-bond donors (Lipinski definition) is 6. The third-order valence-corrected chi connectivity index (χ3v) is 7.89. The van der Waals surface area contributed by atoms with E-state index in [4.69, 9.17) is 0 Å². The molecule has 0 amide bonds. The van der Waals surface area contributed by atoms with Gasteiger partial charge in [0.2, 0.25) is 0 Å². The molecule has 14 nitrogen and oxygen atoms in total. The van der Waals surface area contributed by atoms with Crippen molar-refractivity contribution >= 4 is 32.9 Å². The topological polar surface area (TPSA) is 220 Å². The van der Waals surface area contributed by atoms with E-state index in [9.17, 15) is 25.9 Å². The molecule has 0 aromatic heterocycles. The molecule has 4 heterocycles. The minimum Gasteiger partial charge on any atom is -0.744 e. The molecule has 2 aromatic carbocycles. The molecule has 0 radical (unpaired) electrons. The lowest BCUT2D eigenvalue weighted by molar-refractivity contribution is -0.621. The lowest BCUT2D eigenvalue weighted by Crippen LogP contribution is -2.90. The van der Waals surface area contributed by atoms with Crippen molar-refractivity contribution in [2.24, 2.45) is 9.98 Å². The maximum absolute atomic E-state index is 10.4. The Morgan fingerprint density at radius 2 is 1.02 bits per heavy atom. The van der Waals surface area contributed by atoms with Gasteiger partial charge in [0.1, 0.15) is 57.1 Å². The third-order valence-electron chi connectivity index (χ3n) is 6.19. The van der Waals surface area contributed by atoms with Crippen LogP contribution in [0.15, 0.2) is 92.1 Å². The molecule has 6 rings (SSSR count). The maximum Gasteiger partial charge on any atom is 0.149 e. The summed E-state index contributed by atoms with van der Waals surface area (Å²) >= 11 is 0. The van der Waals surface area contributed by atoms with Gasteiger partial charge < -0.3 is 30.4 Å². The molecule has 0 saturated carbocycles. The molecule has 4 aliphatic rings. The van der Waals surface area contributed by atoms with Crippen molar-refractivity contribution in [2.45, 2.75) is 35.7 Å². The number of rotatable bonds is 2. The summed E-state index contributed by atoms with van der Waals surface area (Å²) in [4.78, 5) is 8.15. The highest BCUT2D eigenvalue weighted by molar-refractivity contribution is 7.86. The van der Waals surface area contributed by atoms with Gasteiger partial charge in [0.05, 0.1) is 34.9 Å². The molecule has 8 N–H and O–H groups in total. The van der Waals surface area contributed by atoms with E-state index < -0.39 is 20.2 Å². The average molecular weight is 621 g/mol. The predicted molar refractivity (Wildman–Crippen MR) is 155 cm³/mol. The van der Waals surface area contributed by atoms with Crippen LogP contribution in [0.25, 0.3) is 0 Å². The molecule has 2 unspecified atom stereocenters. The van der Waals surface area contributed by atoms with E-state index >= 15 is 0 Å². The first-order chi connectivity index (χ1) is 19.9. The van der Waals surface area contributed by atoms with Crippen LogP contribution in [0.2, 0.25) is 0 Å². The van der Waals surface area contributed by atoms with Gasteiger partial charge in [-0.1, -0.05) is 35.4 Å². The van der Waals surface area contributed by atoms with Crippen molar-refractivity contribution in [2.75, 3.05) is 26.4 Å². The van der Waals surface area contributed by atoms with Gasteiger partial charge in [-0.25, -0.2) is 16.8 Å². The Kier molecular flexibility index (Phi) is 12.3. The van der Waals surface area contributed by atoms with Crippen LogP contribution in [-0.4, -0.2) is 77.1 Å². The van der Waals surface area contributed by atoms with Gasteiger partial charge >= 0.3 is 0 Å². The van der Waals surface area contributed by atoms with Gasteiger partial charge in [0, 0.05) is 13.1 Å². The molecule has 0 aliphatic carbocycles. The third kappa shape index (κ3) is 11.1. The SMILES string of the molecule is C1=NC2CNC[NH2+]C2=CN1.C1=NC2CNC[NH2+]C2=CN1.Cc1ccc(S(=O)(=O)[O-])cc1.Cc1ccc(S(=O)(=O)[O-])cc1. The van der Waals surface area contributed by atoms with E-state index in [1.807, 2.05) is 26.2 Å². The highest BCUT2D eigenvalue weighted by Crippen LogP contribution is 2.09. The van der Waals surface area contributed by atoms with Crippen LogP contribution >= 0.6 is 0 Å². The highest BCUT2D eigenvalue weighted by atomic mass is 32.2. The number of nitrogens with zero attached hydrogens (tertiary/aromatic N) is 2. The highest BCUT2D eigenvalue weighted by Gasteiger charge is 2.22. The Morgan fingerprint density at radius 3 is 1.33 bits per heavy atom. The first-order valence-corrected chi connectivity index (χ1v) is 15.8. The van der Waals surface area contributed by atoms with Crippen molar-refractivity contribution in [3.05, 3.63) is 83.5 Å². The molecule has 2 saturated heterocycles. The number of nitrogens with one attached hydrogen (secondary N) is 4. The van der Waals surface area contributed by atoms with Crippen LogP contribution in [0.5, 0.6) is 0 Å². The number of nitrogens with two attached hydrogens (primary N) is 2. The predicted octanol–water partition coefficient (Wildman–Crippen LogP) is -2.30. The second-order valence-electron chi connectivity index (χ2n) is 9.47. The fourth-order valence-corrected chi connectivity index (χ4v) is 4.80. The lowest BCUT2D eigenvalue weighted by atomic mass is 10.2. The van der Waals surface area contributed by atoms with E-state index in [-0.39, 0.29) is 9.79 Å². The number of fused-ring (bicyclic) bond motifs is 2. The number of aryl methyl sites for hydroxylation is 2. The molecule has 4 aliphatic heterocycles. The lowest BCUT2D eigenvalue weighted by Gasteiger charge is -2.22. The quantitative estimate of drug-likeness (QED) is 0.197. The zero-order valence-electron chi connectivity index (χ0n) is 23.2. The van der Waals surface area contributed by atoms with Gasteiger partial charge in [0.25, 0.3) is 0 Å². The molecule has 2 atom stereocenters. The summed E-state index contributed by atoms with van der Waals surface area (Å²) in [6.45, 7) is 7.53. The maximum atomic E-state index is 10.4. The van der Waals surface area contributed by atoms with Crippen LogP contribution in [0.3, 0.4) is 0 Å². The van der Waals surface area contributed by atoms with Gasteiger partial charge in [-0.15, -0.1) is 0 Å². The Bertz CT molecular complexity index is 1390. The van der Waals surface area contributed by atoms with Gasteiger partial charge in [-0.3, -0.25) is 20.6 Å². The van der Waals surface area contributed by atoms with E-state index in [1.165, 1.54) is 35.7 Å². The van der Waals surface area contributed by atoms with Crippen molar-refractivity contribution in [3.8, 4) is 0 Å². The normalized spacial score (nSPS) is 20.5. The van der Waals surface area contributed by atoms with Crippen molar-refractivity contribution in [3.63, 3.8) is 0 Å². The van der Waals surface area contributed by atoms with E-state index in [1.54, 1.807) is 36.9 Å². The number of aliphatic imine (C=N–C) groups is 2. The van der Waals surface area contributed by atoms with Crippen LogP contribution in [-0.2, 0) is 20.2 Å². The summed E-state index contributed by atoms with van der Waals surface area (Å²) < 4.78 is 62.3. The standard InChI is InChI=1S/2C7H8O3S.2C6H10N4/c2*1-6-2-4-7(5-3-6)11(8,9)10;2*1-5-6(10-3-7-1)2-8-4-9-5/h2*2-5H,1H3,(H,8,9,10);2*1,3,6,8-9H,2,4H2,(H,7,10). The molecule has 16 heteroatoms. The van der Waals surface area contributed by atoms with Crippen LogP contribution in [0, 0.1) is 13.8 Å². The summed E-state index contributed by atoms with van der Waals surface area (Å²) in [6, 6.07) is 12.3. The van der Waals surface area contributed by atoms with E-state index in [0.717, 1.165) is 37.6 Å². The molecule has 2 aromatic rings. The van der Waals surface area contributed by atoms with E-state index in [2.05, 4.69) is 41.9 Å². The molecular formula is C26H36N8O6S2. The van der Waals surface area contributed by atoms with Crippen LogP contribution < -0.4 is 31.9 Å².